The molecule has 104 valence electrons. The number of ether oxygens (including phenoxy) is 2. The third kappa shape index (κ3) is 5.87. The molecule has 0 atom stereocenters. The summed E-state index contributed by atoms with van der Waals surface area (Å²) < 4.78 is 9.27. The van der Waals surface area contributed by atoms with Crippen molar-refractivity contribution in [2.45, 2.75) is 13.3 Å². The van der Waals surface area contributed by atoms with Crippen LogP contribution >= 0.6 is 0 Å². The van der Waals surface area contributed by atoms with Crippen molar-refractivity contribution in [3.63, 3.8) is 0 Å². The van der Waals surface area contributed by atoms with Crippen LogP contribution in [0.4, 0.5) is 0 Å². The Morgan fingerprint density at radius 3 is 2.55 bits per heavy atom. The Morgan fingerprint density at radius 1 is 1.25 bits per heavy atom. The van der Waals surface area contributed by atoms with Gasteiger partial charge in [0.25, 0.3) is 0 Å². The largest absolute Gasteiger partial charge is 0.466 e. The van der Waals surface area contributed by atoms with Crippen molar-refractivity contribution in [2.24, 2.45) is 0 Å². The SMILES string of the molecule is CCOC(=O)CC#Cc1ccc(/C=C/C(=O)OC)cc1. The fourth-order valence-corrected chi connectivity index (χ4v) is 1.34. The minimum absolute atomic E-state index is 0.0812. The zero-order chi connectivity index (χ0) is 14.8. The van der Waals surface area contributed by atoms with Gasteiger partial charge in [-0.25, -0.2) is 4.79 Å². The summed E-state index contributed by atoms with van der Waals surface area (Å²) in [5, 5.41) is 0. The topological polar surface area (TPSA) is 52.6 Å². The monoisotopic (exact) mass is 272 g/mol. The second kappa shape index (κ2) is 8.54. The molecule has 0 bridgehead atoms. The van der Waals surface area contributed by atoms with Crippen LogP contribution < -0.4 is 0 Å². The van der Waals surface area contributed by atoms with Gasteiger partial charge in [-0.15, -0.1) is 0 Å². The number of esters is 2. The molecule has 0 aliphatic heterocycles. The van der Waals surface area contributed by atoms with Crippen LogP contribution in [-0.4, -0.2) is 25.7 Å². The van der Waals surface area contributed by atoms with Crippen LogP contribution in [0.3, 0.4) is 0 Å². The number of hydrogen-bond acceptors (Lipinski definition) is 4. The zero-order valence-corrected chi connectivity index (χ0v) is 11.5. The maximum Gasteiger partial charge on any atom is 0.330 e. The number of carbonyl (C=O) groups excluding carboxylic acids is 2. The van der Waals surface area contributed by atoms with E-state index in [2.05, 4.69) is 16.6 Å². The second-order valence-corrected chi connectivity index (χ2v) is 3.76. The Morgan fingerprint density at radius 2 is 1.95 bits per heavy atom. The van der Waals surface area contributed by atoms with E-state index in [4.69, 9.17) is 4.74 Å². The van der Waals surface area contributed by atoms with Gasteiger partial charge in [-0.1, -0.05) is 24.0 Å². The van der Waals surface area contributed by atoms with Crippen LogP contribution in [0, 0.1) is 11.8 Å². The third-order valence-corrected chi connectivity index (χ3v) is 2.29. The number of methoxy groups -OCH3 is 1. The molecular weight excluding hydrogens is 256 g/mol. The third-order valence-electron chi connectivity index (χ3n) is 2.29. The van der Waals surface area contributed by atoms with Gasteiger partial charge in [0.05, 0.1) is 13.7 Å². The molecule has 0 amide bonds. The number of benzene rings is 1. The van der Waals surface area contributed by atoms with Crippen molar-refractivity contribution >= 4 is 18.0 Å². The Bertz CT molecular complexity index is 544. The molecule has 0 saturated carbocycles. The molecule has 0 fully saturated rings. The molecule has 1 aromatic rings. The lowest BCUT2D eigenvalue weighted by Gasteiger charge is -1.96. The van der Waals surface area contributed by atoms with Gasteiger partial charge in [-0.05, 0) is 30.7 Å². The molecule has 0 heterocycles. The lowest BCUT2D eigenvalue weighted by Crippen LogP contribution is -2.01. The van der Waals surface area contributed by atoms with Gasteiger partial charge in [-0.3, -0.25) is 4.79 Å². The molecule has 4 heteroatoms. The summed E-state index contributed by atoms with van der Waals surface area (Å²) in [6, 6.07) is 7.28. The van der Waals surface area contributed by atoms with E-state index in [-0.39, 0.29) is 12.4 Å². The summed E-state index contributed by atoms with van der Waals surface area (Å²) >= 11 is 0. The molecule has 20 heavy (non-hydrogen) atoms. The van der Waals surface area contributed by atoms with Crippen LogP contribution in [0.1, 0.15) is 24.5 Å². The lowest BCUT2D eigenvalue weighted by molar-refractivity contribution is -0.141. The van der Waals surface area contributed by atoms with Gasteiger partial charge in [0, 0.05) is 11.6 Å². The summed E-state index contributed by atoms with van der Waals surface area (Å²) in [4.78, 5) is 22.0. The van der Waals surface area contributed by atoms with E-state index in [0.29, 0.717) is 6.61 Å². The minimum atomic E-state index is -0.400. The Balaban J connectivity index is 2.59. The van der Waals surface area contributed by atoms with E-state index in [0.717, 1.165) is 11.1 Å². The highest BCUT2D eigenvalue weighted by Crippen LogP contribution is 2.05. The molecular formula is C16H16O4. The van der Waals surface area contributed by atoms with Crippen molar-refractivity contribution in [2.75, 3.05) is 13.7 Å². The molecule has 0 unspecified atom stereocenters. The first kappa shape index (κ1) is 15.5. The Labute approximate surface area is 118 Å². The van der Waals surface area contributed by atoms with Crippen LogP contribution in [0.15, 0.2) is 30.3 Å². The minimum Gasteiger partial charge on any atom is -0.466 e. The highest BCUT2D eigenvalue weighted by molar-refractivity contribution is 5.86. The summed E-state index contributed by atoms with van der Waals surface area (Å²) in [7, 11) is 1.33. The van der Waals surface area contributed by atoms with Crippen LogP contribution in [-0.2, 0) is 19.1 Å². The predicted molar refractivity (Wildman–Crippen MR) is 75.6 cm³/mol. The first-order chi connectivity index (χ1) is 9.65. The summed E-state index contributed by atoms with van der Waals surface area (Å²) in [6.45, 7) is 2.12. The van der Waals surface area contributed by atoms with E-state index in [1.807, 2.05) is 24.3 Å². The number of rotatable bonds is 4. The van der Waals surface area contributed by atoms with Crippen molar-refractivity contribution in [3.05, 3.63) is 41.5 Å². The summed E-state index contributed by atoms with van der Waals surface area (Å²) in [5.41, 5.74) is 1.66. The molecule has 0 aliphatic rings. The van der Waals surface area contributed by atoms with Gasteiger partial charge in [0.15, 0.2) is 0 Å². The smallest absolute Gasteiger partial charge is 0.330 e. The second-order valence-electron chi connectivity index (χ2n) is 3.76. The van der Waals surface area contributed by atoms with Crippen molar-refractivity contribution in [1.82, 2.24) is 0 Å². The van der Waals surface area contributed by atoms with E-state index >= 15 is 0 Å². The van der Waals surface area contributed by atoms with E-state index in [1.54, 1.807) is 13.0 Å². The van der Waals surface area contributed by atoms with Gasteiger partial charge >= 0.3 is 11.9 Å². The molecule has 0 N–H and O–H groups in total. The standard InChI is InChI=1S/C16H16O4/c1-3-20-16(18)6-4-5-13-7-9-14(10-8-13)11-12-15(17)19-2/h7-12H,3,6H2,1-2H3/b12-11+. The fraction of sp³-hybridized carbons (Fsp3) is 0.250. The molecule has 1 rings (SSSR count). The molecule has 1 aromatic carbocycles. The van der Waals surface area contributed by atoms with Crippen LogP contribution in [0.2, 0.25) is 0 Å². The normalized spacial score (nSPS) is 9.70. The number of carbonyl (C=O) groups is 2. The maximum absolute atomic E-state index is 11.1. The van der Waals surface area contributed by atoms with Crippen LogP contribution in [0.5, 0.6) is 0 Å². The van der Waals surface area contributed by atoms with Crippen LogP contribution in [0.25, 0.3) is 6.08 Å². The molecule has 0 radical (unpaired) electrons. The fourth-order valence-electron chi connectivity index (χ4n) is 1.34. The molecule has 0 aromatic heterocycles. The first-order valence-electron chi connectivity index (χ1n) is 6.16. The quantitative estimate of drug-likeness (QED) is 0.479. The predicted octanol–water partition coefficient (Wildman–Crippen LogP) is 2.18. The average Bonchev–Trinajstić information content (AvgIpc) is 2.46. The zero-order valence-electron chi connectivity index (χ0n) is 11.5. The van der Waals surface area contributed by atoms with Crippen molar-refractivity contribution in [3.8, 4) is 11.8 Å². The van der Waals surface area contributed by atoms with Gasteiger partial charge in [-0.2, -0.15) is 0 Å². The molecule has 0 spiro atoms. The van der Waals surface area contributed by atoms with Crippen molar-refractivity contribution < 1.29 is 19.1 Å². The molecule has 0 aliphatic carbocycles. The maximum atomic E-state index is 11.1. The average molecular weight is 272 g/mol. The lowest BCUT2D eigenvalue weighted by atomic mass is 10.1. The Hall–Kier alpha value is -2.54. The number of hydrogen-bond donors (Lipinski definition) is 0. The summed E-state index contributed by atoms with van der Waals surface area (Å²) in [5.74, 6) is 4.90. The highest BCUT2D eigenvalue weighted by atomic mass is 16.5. The Kier molecular flexibility index (Phi) is 6.63. The van der Waals surface area contributed by atoms with Crippen molar-refractivity contribution in [1.29, 1.82) is 0 Å². The van der Waals surface area contributed by atoms with E-state index in [1.165, 1.54) is 13.2 Å². The van der Waals surface area contributed by atoms with Gasteiger partial charge in [0.2, 0.25) is 0 Å². The first-order valence-corrected chi connectivity index (χ1v) is 6.16. The molecule has 0 saturated heterocycles. The van der Waals surface area contributed by atoms with E-state index < -0.39 is 5.97 Å². The summed E-state index contributed by atoms with van der Waals surface area (Å²) in [6.07, 6.45) is 3.08. The van der Waals surface area contributed by atoms with Gasteiger partial charge < -0.3 is 9.47 Å². The van der Waals surface area contributed by atoms with Gasteiger partial charge in [0.1, 0.15) is 6.42 Å². The highest BCUT2D eigenvalue weighted by Gasteiger charge is 1.96. The van der Waals surface area contributed by atoms with E-state index in [9.17, 15) is 9.59 Å². The molecule has 4 nitrogen and oxygen atoms in total.